The topological polar surface area (TPSA) is 98.3 Å². The molecular formula is C22H21Cl2N5O2. The molecule has 3 heterocycles. The average Bonchev–Trinajstić information content (AvgIpc) is 3.09. The summed E-state index contributed by atoms with van der Waals surface area (Å²) in [5.41, 5.74) is 9.71. The molecule has 0 spiro atoms. The highest BCUT2D eigenvalue weighted by Gasteiger charge is 2.26. The Morgan fingerprint density at radius 1 is 1.32 bits per heavy atom. The van der Waals surface area contributed by atoms with Crippen molar-refractivity contribution in [2.24, 2.45) is 0 Å². The molecule has 0 aliphatic carbocycles. The number of aromatic amines is 1. The first-order valence-electron chi connectivity index (χ1n) is 9.76. The lowest BCUT2D eigenvalue weighted by Gasteiger charge is -2.22. The SMILES string of the molecule is CCOc1c(C(C)c2nc(Cl)c3c(N)nccn23)cc(Cl)c(C)c1-c1ccc(=O)[nH]c1. The molecule has 1 atom stereocenters. The molecule has 0 bridgehead atoms. The van der Waals surface area contributed by atoms with Crippen LogP contribution in [0.2, 0.25) is 10.2 Å². The number of nitrogens with one attached hydrogen (secondary N) is 1. The second-order valence-corrected chi connectivity index (χ2v) is 7.93. The molecule has 0 amide bonds. The number of rotatable bonds is 5. The first-order valence-corrected chi connectivity index (χ1v) is 10.5. The molecule has 0 aliphatic rings. The summed E-state index contributed by atoms with van der Waals surface area (Å²) in [6, 6.07) is 5.12. The predicted octanol–water partition coefficient (Wildman–Crippen LogP) is 4.83. The van der Waals surface area contributed by atoms with Crippen molar-refractivity contribution in [2.45, 2.75) is 26.7 Å². The molecule has 0 saturated carbocycles. The Hall–Kier alpha value is -3.03. The number of benzene rings is 1. The number of hydrogen-bond donors (Lipinski definition) is 2. The lowest BCUT2D eigenvalue weighted by molar-refractivity contribution is 0.336. The second-order valence-electron chi connectivity index (χ2n) is 7.16. The molecule has 4 aromatic rings. The number of hydrogen-bond acceptors (Lipinski definition) is 5. The molecule has 160 valence electrons. The Morgan fingerprint density at radius 3 is 2.77 bits per heavy atom. The van der Waals surface area contributed by atoms with Crippen molar-refractivity contribution in [2.75, 3.05) is 12.3 Å². The van der Waals surface area contributed by atoms with Crippen LogP contribution >= 0.6 is 23.2 Å². The van der Waals surface area contributed by atoms with Gasteiger partial charge in [-0.3, -0.25) is 9.20 Å². The van der Waals surface area contributed by atoms with Crippen molar-refractivity contribution < 1.29 is 4.74 Å². The van der Waals surface area contributed by atoms with Gasteiger partial charge in [-0.05, 0) is 31.5 Å². The summed E-state index contributed by atoms with van der Waals surface area (Å²) >= 11 is 13.0. The van der Waals surface area contributed by atoms with E-state index in [1.165, 1.54) is 6.07 Å². The monoisotopic (exact) mass is 457 g/mol. The van der Waals surface area contributed by atoms with E-state index < -0.39 is 0 Å². The molecule has 0 saturated heterocycles. The number of nitrogen functional groups attached to an aromatic ring is 1. The van der Waals surface area contributed by atoms with Crippen molar-refractivity contribution in [1.29, 1.82) is 0 Å². The number of pyridine rings is 1. The molecule has 31 heavy (non-hydrogen) atoms. The Morgan fingerprint density at radius 2 is 2.10 bits per heavy atom. The predicted molar refractivity (Wildman–Crippen MR) is 123 cm³/mol. The summed E-state index contributed by atoms with van der Waals surface area (Å²) in [5.74, 6) is 1.43. The van der Waals surface area contributed by atoms with Gasteiger partial charge in [0, 0.05) is 52.3 Å². The van der Waals surface area contributed by atoms with Crippen LogP contribution in [-0.2, 0) is 0 Å². The van der Waals surface area contributed by atoms with Gasteiger partial charge in [0.1, 0.15) is 17.1 Å². The summed E-state index contributed by atoms with van der Waals surface area (Å²) in [6.45, 7) is 6.30. The largest absolute Gasteiger partial charge is 0.493 e. The second kappa shape index (κ2) is 8.24. The molecule has 0 radical (unpaired) electrons. The van der Waals surface area contributed by atoms with Gasteiger partial charge in [0.2, 0.25) is 5.56 Å². The van der Waals surface area contributed by atoms with Crippen LogP contribution in [0.15, 0.2) is 41.6 Å². The van der Waals surface area contributed by atoms with Gasteiger partial charge in [0.15, 0.2) is 11.0 Å². The fraction of sp³-hybridized carbons (Fsp3) is 0.227. The third-order valence-electron chi connectivity index (χ3n) is 5.29. The highest BCUT2D eigenvalue weighted by Crippen LogP contribution is 2.44. The summed E-state index contributed by atoms with van der Waals surface area (Å²) < 4.78 is 7.95. The summed E-state index contributed by atoms with van der Waals surface area (Å²) in [4.78, 5) is 23.0. The Bertz CT molecular complexity index is 1330. The van der Waals surface area contributed by atoms with Crippen LogP contribution < -0.4 is 16.0 Å². The fourth-order valence-corrected chi connectivity index (χ4v) is 4.25. The Labute approximate surface area is 188 Å². The number of aromatic nitrogens is 4. The van der Waals surface area contributed by atoms with E-state index in [1.807, 2.05) is 31.2 Å². The number of imidazole rings is 1. The van der Waals surface area contributed by atoms with E-state index in [1.54, 1.807) is 24.7 Å². The van der Waals surface area contributed by atoms with E-state index in [0.29, 0.717) is 34.5 Å². The zero-order chi connectivity index (χ0) is 22.3. The smallest absolute Gasteiger partial charge is 0.247 e. The lowest BCUT2D eigenvalue weighted by Crippen LogP contribution is -2.09. The lowest BCUT2D eigenvalue weighted by atomic mass is 9.91. The summed E-state index contributed by atoms with van der Waals surface area (Å²) in [6.07, 6.45) is 5.04. The van der Waals surface area contributed by atoms with Crippen LogP contribution in [-0.4, -0.2) is 26.0 Å². The minimum Gasteiger partial charge on any atom is -0.493 e. The van der Waals surface area contributed by atoms with E-state index in [9.17, 15) is 4.79 Å². The minimum absolute atomic E-state index is 0.181. The molecule has 1 unspecified atom stereocenters. The highest BCUT2D eigenvalue weighted by molar-refractivity contribution is 6.33. The number of ether oxygens (including phenoxy) is 1. The molecule has 3 aromatic heterocycles. The van der Waals surface area contributed by atoms with Gasteiger partial charge in [0.05, 0.1) is 6.61 Å². The van der Waals surface area contributed by atoms with Crippen molar-refractivity contribution >= 4 is 34.5 Å². The number of fused-ring (bicyclic) bond motifs is 1. The maximum atomic E-state index is 11.6. The zero-order valence-electron chi connectivity index (χ0n) is 17.2. The number of H-pyrrole nitrogens is 1. The summed E-state index contributed by atoms with van der Waals surface area (Å²) in [5, 5.41) is 0.865. The van der Waals surface area contributed by atoms with Gasteiger partial charge in [-0.2, -0.15) is 0 Å². The fourth-order valence-electron chi connectivity index (χ4n) is 3.77. The van der Waals surface area contributed by atoms with Gasteiger partial charge < -0.3 is 15.5 Å². The van der Waals surface area contributed by atoms with Gasteiger partial charge in [-0.15, -0.1) is 0 Å². The normalized spacial score (nSPS) is 12.3. The van der Waals surface area contributed by atoms with Crippen LogP contribution in [0.4, 0.5) is 5.82 Å². The van der Waals surface area contributed by atoms with Crippen LogP contribution in [0.5, 0.6) is 5.75 Å². The van der Waals surface area contributed by atoms with Crippen LogP contribution in [0.1, 0.15) is 36.7 Å². The third kappa shape index (κ3) is 3.64. The van der Waals surface area contributed by atoms with Crippen molar-refractivity contribution in [3.05, 3.63) is 74.3 Å². The number of halogens is 2. The van der Waals surface area contributed by atoms with Crippen LogP contribution in [0.3, 0.4) is 0 Å². The Balaban J connectivity index is 1.98. The average molecular weight is 458 g/mol. The van der Waals surface area contributed by atoms with E-state index in [-0.39, 0.29) is 16.6 Å². The minimum atomic E-state index is -0.233. The van der Waals surface area contributed by atoms with Crippen molar-refractivity contribution in [3.8, 4) is 16.9 Å². The van der Waals surface area contributed by atoms with E-state index >= 15 is 0 Å². The number of nitrogens with zero attached hydrogens (tertiary/aromatic N) is 3. The molecular weight excluding hydrogens is 437 g/mol. The van der Waals surface area contributed by atoms with Crippen LogP contribution in [0, 0.1) is 6.92 Å². The van der Waals surface area contributed by atoms with Crippen molar-refractivity contribution in [3.63, 3.8) is 0 Å². The highest BCUT2D eigenvalue weighted by atomic mass is 35.5. The number of anilines is 1. The molecule has 1 aromatic carbocycles. The molecule has 3 N–H and O–H groups in total. The van der Waals surface area contributed by atoms with E-state index in [4.69, 9.17) is 33.7 Å². The zero-order valence-corrected chi connectivity index (χ0v) is 18.8. The first-order chi connectivity index (χ1) is 14.8. The number of nitrogens with two attached hydrogens (primary N) is 1. The molecule has 9 heteroatoms. The summed E-state index contributed by atoms with van der Waals surface area (Å²) in [7, 11) is 0. The van der Waals surface area contributed by atoms with Gasteiger partial charge in [0.25, 0.3) is 0 Å². The van der Waals surface area contributed by atoms with Gasteiger partial charge >= 0.3 is 0 Å². The van der Waals surface area contributed by atoms with E-state index in [0.717, 1.165) is 22.3 Å². The van der Waals surface area contributed by atoms with E-state index in [2.05, 4.69) is 15.0 Å². The van der Waals surface area contributed by atoms with Crippen LogP contribution in [0.25, 0.3) is 16.6 Å². The molecule has 0 aliphatic heterocycles. The first kappa shape index (κ1) is 21.2. The van der Waals surface area contributed by atoms with Gasteiger partial charge in [-0.1, -0.05) is 30.1 Å². The van der Waals surface area contributed by atoms with Gasteiger partial charge in [-0.25, -0.2) is 9.97 Å². The van der Waals surface area contributed by atoms with Crippen molar-refractivity contribution in [1.82, 2.24) is 19.4 Å². The standard InChI is InChI=1S/C22H21Cl2N5O2/c1-4-31-19-14(9-15(23)12(3)17(19)13-5-6-16(30)27-10-13)11(2)22-28-20(24)18-21(25)26-7-8-29(18)22/h5-11H,4H2,1-3H3,(H2,25,26)(H,27,30). The third-order valence-corrected chi connectivity index (χ3v) is 5.94. The Kier molecular flexibility index (Phi) is 5.64. The molecule has 4 rings (SSSR count). The maximum Gasteiger partial charge on any atom is 0.247 e. The molecule has 7 nitrogen and oxygen atoms in total. The maximum absolute atomic E-state index is 11.6. The quantitative estimate of drug-likeness (QED) is 0.446. The molecule has 0 fully saturated rings.